The first-order valence-electron chi connectivity index (χ1n) is 9.18. The fourth-order valence-electron chi connectivity index (χ4n) is 3.58. The van der Waals surface area contributed by atoms with Gasteiger partial charge in [-0.05, 0) is 43.2 Å². The number of hydrogen-bond acceptors (Lipinski definition) is 5. The largest absolute Gasteiger partial charge is 0.490 e. The maximum atomic E-state index is 12.6. The van der Waals surface area contributed by atoms with E-state index >= 15 is 0 Å². The molecule has 2 aliphatic heterocycles. The lowest BCUT2D eigenvalue weighted by Crippen LogP contribution is -2.43. The number of alkyl halides is 3. The number of carboxylic acid groups (broad SMARTS) is 1. The molecule has 10 heteroatoms. The predicted octanol–water partition coefficient (Wildman–Crippen LogP) is 2.68. The molecule has 7 nitrogen and oxygen atoms in total. The number of carbonyl (C=O) groups excluding carboxylic acids is 1. The summed E-state index contributed by atoms with van der Waals surface area (Å²) in [7, 11) is 1.71. The van der Waals surface area contributed by atoms with Crippen molar-refractivity contribution in [1.29, 1.82) is 0 Å². The Labute approximate surface area is 166 Å². The summed E-state index contributed by atoms with van der Waals surface area (Å²) in [6, 6.07) is 1.91. The van der Waals surface area contributed by atoms with Crippen LogP contribution in [0.25, 0.3) is 0 Å². The molecule has 0 aromatic carbocycles. The highest BCUT2D eigenvalue weighted by molar-refractivity contribution is 5.94. The Hall–Kier alpha value is -2.20. The third-order valence-corrected chi connectivity index (χ3v) is 5.11. The van der Waals surface area contributed by atoms with Gasteiger partial charge in [-0.25, -0.2) is 4.79 Å². The maximum Gasteiger partial charge on any atom is 0.490 e. The second-order valence-corrected chi connectivity index (χ2v) is 7.44. The van der Waals surface area contributed by atoms with Crippen LogP contribution in [0.3, 0.4) is 0 Å². The molecule has 3 heterocycles. The number of likely N-dealkylation sites (tertiary alicyclic amines) is 1. The van der Waals surface area contributed by atoms with Crippen LogP contribution in [0.15, 0.2) is 18.5 Å². The van der Waals surface area contributed by atoms with E-state index in [0.29, 0.717) is 12.2 Å². The van der Waals surface area contributed by atoms with Crippen molar-refractivity contribution in [1.82, 2.24) is 9.88 Å². The summed E-state index contributed by atoms with van der Waals surface area (Å²) in [5, 5.41) is 7.12. The van der Waals surface area contributed by atoms with Crippen LogP contribution in [0, 0.1) is 12.3 Å². The Morgan fingerprint density at radius 2 is 1.97 bits per heavy atom. The van der Waals surface area contributed by atoms with Gasteiger partial charge in [-0.3, -0.25) is 9.78 Å². The van der Waals surface area contributed by atoms with Gasteiger partial charge in [0.15, 0.2) is 0 Å². The average molecular weight is 418 g/mol. The fourth-order valence-corrected chi connectivity index (χ4v) is 3.58. The maximum absolute atomic E-state index is 12.6. The Morgan fingerprint density at radius 3 is 2.48 bits per heavy atom. The number of aryl methyl sites for hydroxylation is 1. The van der Waals surface area contributed by atoms with Crippen LogP contribution in [0.2, 0.25) is 0 Å². The number of piperidine rings is 1. The van der Waals surface area contributed by atoms with Crippen LogP contribution in [-0.4, -0.2) is 72.6 Å². The Kier molecular flexibility index (Phi) is 7.59. The minimum absolute atomic E-state index is 0.0957. The number of hydrogen-bond donors (Lipinski definition) is 1. The molecule has 1 N–H and O–H groups in total. The number of carboxylic acids is 1. The van der Waals surface area contributed by atoms with Crippen molar-refractivity contribution in [3.8, 4) is 0 Å². The number of pyridine rings is 1. The topological polar surface area (TPSA) is 89.0 Å². The van der Waals surface area contributed by atoms with Gasteiger partial charge in [0, 0.05) is 32.6 Å². The number of rotatable bonds is 3. The van der Waals surface area contributed by atoms with Gasteiger partial charge < -0.3 is 19.5 Å². The molecule has 1 amide bonds. The molecule has 0 radical (unpaired) electrons. The van der Waals surface area contributed by atoms with Gasteiger partial charge in [-0.1, -0.05) is 0 Å². The molecule has 1 atom stereocenters. The summed E-state index contributed by atoms with van der Waals surface area (Å²) in [6.07, 6.45) is 1.64. The van der Waals surface area contributed by atoms with Crippen LogP contribution in [0.1, 0.15) is 35.2 Å². The van der Waals surface area contributed by atoms with Crippen molar-refractivity contribution in [3.63, 3.8) is 0 Å². The van der Waals surface area contributed by atoms with E-state index < -0.39 is 12.1 Å². The van der Waals surface area contributed by atoms with E-state index in [1.807, 2.05) is 17.9 Å². The van der Waals surface area contributed by atoms with Crippen molar-refractivity contribution >= 4 is 11.9 Å². The smallest absolute Gasteiger partial charge is 0.475 e. The molecule has 2 fully saturated rings. The third kappa shape index (κ3) is 6.40. The highest BCUT2D eigenvalue weighted by Gasteiger charge is 2.43. The summed E-state index contributed by atoms with van der Waals surface area (Å²) < 4.78 is 42.8. The van der Waals surface area contributed by atoms with Crippen molar-refractivity contribution in [3.05, 3.63) is 29.6 Å². The normalized spacial score (nSPS) is 20.9. The van der Waals surface area contributed by atoms with Crippen molar-refractivity contribution in [2.24, 2.45) is 5.41 Å². The predicted molar refractivity (Wildman–Crippen MR) is 96.5 cm³/mol. The van der Waals surface area contributed by atoms with E-state index in [0.717, 1.165) is 44.5 Å². The lowest BCUT2D eigenvalue weighted by Gasteiger charge is -2.38. The molecule has 3 rings (SSSR count). The number of carbonyl (C=O) groups is 2. The number of halogens is 3. The molecule has 0 saturated carbocycles. The highest BCUT2D eigenvalue weighted by atomic mass is 19.4. The summed E-state index contributed by atoms with van der Waals surface area (Å²) >= 11 is 0. The second kappa shape index (κ2) is 9.53. The van der Waals surface area contributed by atoms with Gasteiger partial charge in [0.1, 0.15) is 0 Å². The molecule has 1 aromatic heterocycles. The van der Waals surface area contributed by atoms with Crippen LogP contribution < -0.4 is 0 Å². The number of nitrogens with zero attached hydrogens (tertiary/aromatic N) is 2. The Balaban J connectivity index is 0.000000370. The minimum atomic E-state index is -5.08. The number of aliphatic carboxylic acids is 1. The lowest BCUT2D eigenvalue weighted by molar-refractivity contribution is -0.192. The quantitative estimate of drug-likeness (QED) is 0.812. The number of ether oxygens (including phenoxy) is 2. The molecule has 2 saturated heterocycles. The first-order valence-corrected chi connectivity index (χ1v) is 9.18. The van der Waals surface area contributed by atoms with Crippen LogP contribution in [0.5, 0.6) is 0 Å². The average Bonchev–Trinajstić information content (AvgIpc) is 3.04. The van der Waals surface area contributed by atoms with Crippen LogP contribution in [0.4, 0.5) is 13.2 Å². The summed E-state index contributed by atoms with van der Waals surface area (Å²) in [5.74, 6) is -2.66. The molecule has 1 aromatic rings. The zero-order valence-corrected chi connectivity index (χ0v) is 16.4. The van der Waals surface area contributed by atoms with E-state index in [2.05, 4.69) is 4.98 Å². The number of amides is 1. The zero-order valence-electron chi connectivity index (χ0n) is 16.4. The Morgan fingerprint density at radius 1 is 1.34 bits per heavy atom. The van der Waals surface area contributed by atoms with E-state index in [1.54, 1.807) is 19.5 Å². The molecule has 0 bridgehead atoms. The van der Waals surface area contributed by atoms with Gasteiger partial charge in [-0.15, -0.1) is 0 Å². The summed E-state index contributed by atoms with van der Waals surface area (Å²) in [4.78, 5) is 27.5. The van der Waals surface area contributed by atoms with E-state index in [-0.39, 0.29) is 17.4 Å². The van der Waals surface area contributed by atoms with Crippen molar-refractivity contribution in [2.75, 3.05) is 33.4 Å². The molecule has 1 spiro atoms. The van der Waals surface area contributed by atoms with Gasteiger partial charge in [0.2, 0.25) is 0 Å². The van der Waals surface area contributed by atoms with E-state index in [1.165, 1.54) is 0 Å². The van der Waals surface area contributed by atoms with E-state index in [9.17, 15) is 18.0 Å². The minimum Gasteiger partial charge on any atom is -0.475 e. The van der Waals surface area contributed by atoms with Crippen LogP contribution in [-0.2, 0) is 14.3 Å². The summed E-state index contributed by atoms with van der Waals surface area (Å²) in [6.45, 7) is 5.03. The van der Waals surface area contributed by atoms with Gasteiger partial charge in [-0.2, -0.15) is 13.2 Å². The van der Waals surface area contributed by atoms with Gasteiger partial charge >= 0.3 is 12.1 Å². The number of aromatic nitrogens is 1. The lowest BCUT2D eigenvalue weighted by atomic mass is 9.76. The van der Waals surface area contributed by atoms with Crippen molar-refractivity contribution in [2.45, 2.75) is 38.5 Å². The van der Waals surface area contributed by atoms with Gasteiger partial charge in [0.25, 0.3) is 5.91 Å². The second-order valence-electron chi connectivity index (χ2n) is 7.44. The fraction of sp³-hybridized carbons (Fsp3) is 0.632. The molecule has 162 valence electrons. The van der Waals surface area contributed by atoms with Crippen molar-refractivity contribution < 1.29 is 37.3 Å². The monoisotopic (exact) mass is 418 g/mol. The first-order chi connectivity index (χ1) is 13.6. The first kappa shape index (κ1) is 23.1. The Bertz CT molecular complexity index is 718. The highest BCUT2D eigenvalue weighted by Crippen LogP contribution is 2.42. The molecule has 0 aliphatic carbocycles. The standard InChI is InChI=1S/C17H24N2O3.C2HF3O2/c1-13-7-14(10-18-9-13)16(20)19-5-3-17(4-6-19)8-15(11-21-2)22-12-17;3-2(4,5)1(6)7/h7,9-10,15H,3-6,8,11-12H2,1-2H3;(H,6,7). The van der Waals surface area contributed by atoms with E-state index in [4.69, 9.17) is 19.4 Å². The molecular weight excluding hydrogens is 393 g/mol. The van der Waals surface area contributed by atoms with Crippen LogP contribution >= 0.6 is 0 Å². The molecule has 2 aliphatic rings. The van der Waals surface area contributed by atoms with Gasteiger partial charge in [0.05, 0.1) is 24.9 Å². The molecular formula is C19H25F3N2O5. The SMILES string of the molecule is COCC1CC2(CCN(C(=O)c3cncc(C)c3)CC2)CO1.O=C(O)C(F)(F)F. The zero-order chi connectivity index (χ0) is 21.7. The molecule has 29 heavy (non-hydrogen) atoms. The third-order valence-electron chi connectivity index (χ3n) is 5.11. The summed E-state index contributed by atoms with van der Waals surface area (Å²) in [5.41, 5.74) is 1.95. The number of methoxy groups -OCH3 is 1. The molecule has 1 unspecified atom stereocenters.